The Morgan fingerprint density at radius 3 is 2.70 bits per heavy atom. The summed E-state index contributed by atoms with van der Waals surface area (Å²) in [5.74, 6) is 1.85. The molecular weight excluding hydrogens is 356 g/mol. The molecule has 2 aromatic rings. The Hall–Kier alpha value is -1.50. The summed E-state index contributed by atoms with van der Waals surface area (Å²) in [5.41, 5.74) is 2.32. The number of aliphatic hydroxyl groups is 1. The molecule has 0 bridgehead atoms. The van der Waals surface area contributed by atoms with Crippen molar-refractivity contribution in [1.82, 2.24) is 19.9 Å². The third kappa shape index (κ3) is 3.89. The highest BCUT2D eigenvalue weighted by Crippen LogP contribution is 2.50. The van der Waals surface area contributed by atoms with Crippen LogP contribution in [0, 0.1) is 18.8 Å². The number of nitrogens with zero attached hydrogens (tertiary/aromatic N) is 4. The zero-order valence-electron chi connectivity index (χ0n) is 16.1. The fourth-order valence-corrected chi connectivity index (χ4v) is 5.15. The highest BCUT2D eigenvalue weighted by Gasteiger charge is 2.53. The Bertz CT molecular complexity index is 767. The number of aromatic nitrogens is 3. The lowest BCUT2D eigenvalue weighted by Crippen LogP contribution is -2.35. The van der Waals surface area contributed by atoms with Crippen LogP contribution in [0.3, 0.4) is 0 Å². The van der Waals surface area contributed by atoms with Gasteiger partial charge < -0.3 is 5.11 Å². The SMILES string of the molecule is CCCSc1ncc(CN2C[C@@H]3CC[C@@](O)(c4ccc(C)cn4)[C@@H]3C2)cn1. The maximum Gasteiger partial charge on any atom is 0.187 e. The molecule has 6 heteroatoms. The molecule has 4 rings (SSSR count). The summed E-state index contributed by atoms with van der Waals surface area (Å²) in [6, 6.07) is 4.05. The first-order chi connectivity index (χ1) is 13.1. The largest absolute Gasteiger partial charge is 0.383 e. The Balaban J connectivity index is 1.41. The van der Waals surface area contributed by atoms with Gasteiger partial charge in [-0.15, -0.1) is 0 Å². The fourth-order valence-electron chi connectivity index (χ4n) is 4.51. The lowest BCUT2D eigenvalue weighted by Gasteiger charge is -2.29. The summed E-state index contributed by atoms with van der Waals surface area (Å²) < 4.78 is 0. The van der Waals surface area contributed by atoms with E-state index >= 15 is 0 Å². The lowest BCUT2D eigenvalue weighted by molar-refractivity contribution is -0.0108. The first-order valence-corrected chi connectivity index (χ1v) is 10.9. The highest BCUT2D eigenvalue weighted by atomic mass is 32.2. The number of hydrogen-bond donors (Lipinski definition) is 1. The van der Waals surface area contributed by atoms with Gasteiger partial charge in [-0.3, -0.25) is 9.88 Å². The molecule has 0 aromatic carbocycles. The number of rotatable bonds is 6. The van der Waals surface area contributed by atoms with Crippen LogP contribution in [0.2, 0.25) is 0 Å². The molecule has 1 aliphatic heterocycles. The first kappa shape index (κ1) is 18.8. The number of likely N-dealkylation sites (tertiary alicyclic amines) is 1. The van der Waals surface area contributed by atoms with Gasteiger partial charge in [0.1, 0.15) is 5.60 Å². The van der Waals surface area contributed by atoms with Crippen molar-refractivity contribution >= 4 is 11.8 Å². The van der Waals surface area contributed by atoms with Crippen molar-refractivity contribution in [3.05, 3.63) is 47.5 Å². The van der Waals surface area contributed by atoms with Gasteiger partial charge >= 0.3 is 0 Å². The van der Waals surface area contributed by atoms with Gasteiger partial charge in [-0.25, -0.2) is 9.97 Å². The summed E-state index contributed by atoms with van der Waals surface area (Å²) in [4.78, 5) is 15.9. The quantitative estimate of drug-likeness (QED) is 0.608. The zero-order valence-corrected chi connectivity index (χ0v) is 17.0. The van der Waals surface area contributed by atoms with E-state index in [9.17, 15) is 5.11 Å². The normalized spacial score (nSPS) is 27.8. The summed E-state index contributed by atoms with van der Waals surface area (Å²) in [6.45, 7) is 6.99. The van der Waals surface area contributed by atoms with Crippen molar-refractivity contribution in [1.29, 1.82) is 0 Å². The first-order valence-electron chi connectivity index (χ1n) is 9.90. The molecule has 0 amide bonds. The number of thioether (sulfide) groups is 1. The summed E-state index contributed by atoms with van der Waals surface area (Å²) in [7, 11) is 0. The van der Waals surface area contributed by atoms with Crippen LogP contribution in [-0.4, -0.2) is 43.8 Å². The highest BCUT2D eigenvalue weighted by molar-refractivity contribution is 7.99. The molecule has 2 aromatic heterocycles. The van der Waals surface area contributed by atoms with Gasteiger partial charge in [-0.2, -0.15) is 0 Å². The second-order valence-corrected chi connectivity index (χ2v) is 9.03. The van der Waals surface area contributed by atoms with Crippen molar-refractivity contribution in [2.24, 2.45) is 11.8 Å². The average Bonchev–Trinajstić information content (AvgIpc) is 3.22. The molecule has 0 radical (unpaired) electrons. The molecule has 144 valence electrons. The van der Waals surface area contributed by atoms with Crippen molar-refractivity contribution in [2.45, 2.75) is 50.4 Å². The molecule has 1 N–H and O–H groups in total. The van der Waals surface area contributed by atoms with Crippen LogP contribution < -0.4 is 0 Å². The standard InChI is InChI=1S/C21H28N4OS/c1-3-8-27-20-23-10-16(11-24-20)12-25-13-17-6-7-21(26,18(17)14-25)19-5-4-15(2)9-22-19/h4-5,9-11,17-18,26H,3,6-8,12-14H2,1-2H3/t17-,18+,21-/m0/s1. The van der Waals surface area contributed by atoms with E-state index in [0.29, 0.717) is 5.92 Å². The molecule has 0 unspecified atom stereocenters. The van der Waals surface area contributed by atoms with E-state index in [1.807, 2.05) is 31.6 Å². The molecule has 1 aliphatic carbocycles. The predicted octanol–water partition coefficient (Wildman–Crippen LogP) is 3.41. The van der Waals surface area contributed by atoms with Crippen molar-refractivity contribution in [2.75, 3.05) is 18.8 Å². The van der Waals surface area contributed by atoms with Gasteiger partial charge in [-0.05, 0) is 43.7 Å². The van der Waals surface area contributed by atoms with Crippen molar-refractivity contribution in [3.63, 3.8) is 0 Å². The van der Waals surface area contributed by atoms with Crippen LogP contribution >= 0.6 is 11.8 Å². The van der Waals surface area contributed by atoms with Gasteiger partial charge in [0.05, 0.1) is 5.69 Å². The molecule has 5 nitrogen and oxygen atoms in total. The van der Waals surface area contributed by atoms with Crippen LogP contribution in [0.15, 0.2) is 35.9 Å². The maximum absolute atomic E-state index is 11.4. The van der Waals surface area contributed by atoms with Crippen LogP contribution in [0.25, 0.3) is 0 Å². The van der Waals surface area contributed by atoms with Crippen LogP contribution in [0.5, 0.6) is 0 Å². The van der Waals surface area contributed by atoms with Crippen LogP contribution in [0.1, 0.15) is 43.0 Å². The number of hydrogen-bond acceptors (Lipinski definition) is 6. The van der Waals surface area contributed by atoms with Gasteiger partial charge in [0.15, 0.2) is 5.16 Å². The summed E-state index contributed by atoms with van der Waals surface area (Å²) in [5, 5.41) is 12.3. The second-order valence-electron chi connectivity index (χ2n) is 7.97. The molecule has 3 heterocycles. The zero-order chi connectivity index (χ0) is 18.9. The smallest absolute Gasteiger partial charge is 0.187 e. The summed E-state index contributed by atoms with van der Waals surface area (Å²) in [6.07, 6.45) is 8.78. The van der Waals surface area contributed by atoms with E-state index < -0.39 is 5.60 Å². The summed E-state index contributed by atoms with van der Waals surface area (Å²) >= 11 is 1.71. The lowest BCUT2D eigenvalue weighted by atomic mass is 9.85. The maximum atomic E-state index is 11.4. The van der Waals surface area contributed by atoms with E-state index in [1.54, 1.807) is 11.8 Å². The van der Waals surface area contributed by atoms with Crippen LogP contribution in [-0.2, 0) is 12.1 Å². The Labute approximate surface area is 165 Å². The predicted molar refractivity (Wildman–Crippen MR) is 107 cm³/mol. The van der Waals surface area contributed by atoms with Crippen molar-refractivity contribution in [3.8, 4) is 0 Å². The molecule has 27 heavy (non-hydrogen) atoms. The number of fused-ring (bicyclic) bond motifs is 1. The molecule has 0 spiro atoms. The van der Waals surface area contributed by atoms with Gasteiger partial charge in [-0.1, -0.05) is 24.8 Å². The Morgan fingerprint density at radius 2 is 2.00 bits per heavy atom. The second kappa shape index (κ2) is 7.86. The third-order valence-electron chi connectivity index (χ3n) is 5.90. The molecule has 1 saturated carbocycles. The average molecular weight is 385 g/mol. The Morgan fingerprint density at radius 1 is 1.19 bits per heavy atom. The minimum absolute atomic E-state index is 0.257. The molecular formula is C21H28N4OS. The van der Waals surface area contributed by atoms with E-state index in [0.717, 1.165) is 66.6 Å². The van der Waals surface area contributed by atoms with Gasteiger partial charge in [0, 0.05) is 55.5 Å². The Kier molecular flexibility index (Phi) is 5.48. The molecule has 1 saturated heterocycles. The van der Waals surface area contributed by atoms with Crippen molar-refractivity contribution < 1.29 is 5.11 Å². The molecule has 3 atom stereocenters. The van der Waals surface area contributed by atoms with Crippen LogP contribution in [0.4, 0.5) is 0 Å². The van der Waals surface area contributed by atoms with Gasteiger partial charge in [0.25, 0.3) is 0 Å². The van der Waals surface area contributed by atoms with E-state index in [1.165, 1.54) is 0 Å². The minimum atomic E-state index is -0.787. The van der Waals surface area contributed by atoms with E-state index in [-0.39, 0.29) is 5.92 Å². The molecule has 2 fully saturated rings. The fraction of sp³-hybridized carbons (Fsp3) is 0.571. The number of pyridine rings is 1. The monoisotopic (exact) mass is 384 g/mol. The topological polar surface area (TPSA) is 62.1 Å². The van der Waals surface area contributed by atoms with Gasteiger partial charge in [0.2, 0.25) is 0 Å². The number of aryl methyl sites for hydroxylation is 1. The van der Waals surface area contributed by atoms with E-state index in [4.69, 9.17) is 0 Å². The minimum Gasteiger partial charge on any atom is -0.383 e. The van der Waals surface area contributed by atoms with E-state index in [2.05, 4.69) is 32.8 Å². The molecule has 2 aliphatic rings. The third-order valence-corrected chi connectivity index (χ3v) is 6.99.